The van der Waals surface area contributed by atoms with Gasteiger partial charge in [-0.1, -0.05) is 20.8 Å². The first kappa shape index (κ1) is 16.9. The zero-order valence-electron chi connectivity index (χ0n) is 12.6. The maximum absolute atomic E-state index is 12.3. The van der Waals surface area contributed by atoms with Gasteiger partial charge >= 0.3 is 0 Å². The lowest BCUT2D eigenvalue weighted by molar-refractivity contribution is -0.121. The third kappa shape index (κ3) is 4.49. The number of aromatic nitrogens is 2. The van der Waals surface area contributed by atoms with Crippen LogP contribution in [0.2, 0.25) is 0 Å². The number of nitrogens with one attached hydrogen (secondary N) is 1. The number of hydrogen-bond acceptors (Lipinski definition) is 3. The predicted molar refractivity (Wildman–Crippen MR) is 91.0 cm³/mol. The monoisotopic (exact) mass is 417 g/mol. The van der Waals surface area contributed by atoms with Crippen LogP contribution in [0, 0.1) is 17.3 Å². The molecule has 0 aromatic carbocycles. The largest absolute Gasteiger partial charge is 0.308 e. The molecule has 21 heavy (non-hydrogen) atoms. The number of nitrogens with zero attached hydrogens (tertiary/aromatic N) is 2. The van der Waals surface area contributed by atoms with Crippen LogP contribution in [0.25, 0.3) is 0 Å². The summed E-state index contributed by atoms with van der Waals surface area (Å²) in [6.07, 6.45) is 5.73. The molecule has 6 heteroatoms. The van der Waals surface area contributed by atoms with E-state index in [1.54, 1.807) is 6.20 Å². The van der Waals surface area contributed by atoms with Gasteiger partial charge < -0.3 is 5.32 Å². The molecule has 1 aromatic rings. The molecule has 0 aliphatic heterocycles. The third-order valence-corrected chi connectivity index (χ3v) is 5.20. The van der Waals surface area contributed by atoms with E-state index < -0.39 is 0 Å². The second-order valence-corrected chi connectivity index (χ2v) is 8.30. The topological polar surface area (TPSA) is 54.9 Å². The molecular formula is C15H21Br2N3O. The summed E-state index contributed by atoms with van der Waals surface area (Å²) in [5.41, 5.74) is 0.335. The van der Waals surface area contributed by atoms with E-state index in [9.17, 15) is 4.79 Å². The summed E-state index contributed by atoms with van der Waals surface area (Å²) in [6.45, 7) is 6.85. The zero-order chi connectivity index (χ0) is 15.6. The number of anilines is 1. The lowest BCUT2D eigenvalue weighted by Gasteiger charge is -2.36. The van der Waals surface area contributed by atoms with Gasteiger partial charge in [0.05, 0.1) is 6.20 Å². The van der Waals surface area contributed by atoms with Crippen LogP contribution in [-0.2, 0) is 4.79 Å². The van der Waals surface area contributed by atoms with E-state index >= 15 is 0 Å². The summed E-state index contributed by atoms with van der Waals surface area (Å²) >= 11 is 6.56. The van der Waals surface area contributed by atoms with Crippen LogP contribution in [0.5, 0.6) is 0 Å². The molecule has 0 radical (unpaired) electrons. The molecule has 0 unspecified atom stereocenters. The van der Waals surface area contributed by atoms with Crippen LogP contribution < -0.4 is 5.32 Å². The Morgan fingerprint density at radius 3 is 2.38 bits per heavy atom. The van der Waals surface area contributed by atoms with Crippen molar-refractivity contribution in [3.05, 3.63) is 15.4 Å². The average Bonchev–Trinajstić information content (AvgIpc) is 2.41. The van der Waals surface area contributed by atoms with E-state index in [1.807, 2.05) is 0 Å². The van der Waals surface area contributed by atoms with Gasteiger partial charge in [-0.2, -0.15) is 0 Å². The molecule has 1 saturated carbocycles. The molecule has 1 aromatic heterocycles. The molecule has 1 aliphatic carbocycles. The lowest BCUT2D eigenvalue weighted by atomic mass is 9.70. The summed E-state index contributed by atoms with van der Waals surface area (Å²) in [4.78, 5) is 20.7. The van der Waals surface area contributed by atoms with E-state index in [-0.39, 0.29) is 11.8 Å². The van der Waals surface area contributed by atoms with E-state index in [2.05, 4.69) is 67.9 Å². The fourth-order valence-electron chi connectivity index (χ4n) is 2.87. The third-order valence-electron chi connectivity index (χ3n) is 4.26. The Bertz CT molecular complexity index is 520. The Labute approximate surface area is 142 Å². The number of halogens is 2. The molecule has 4 nitrogen and oxygen atoms in total. The Kier molecular flexibility index (Phi) is 5.41. The fourth-order valence-corrected chi connectivity index (χ4v) is 3.78. The van der Waals surface area contributed by atoms with Gasteiger partial charge in [-0.15, -0.1) is 0 Å². The number of hydrogen-bond donors (Lipinski definition) is 1. The molecule has 1 fully saturated rings. The molecule has 1 heterocycles. The maximum atomic E-state index is 12.3. The van der Waals surface area contributed by atoms with Crippen molar-refractivity contribution in [1.29, 1.82) is 0 Å². The van der Waals surface area contributed by atoms with Crippen LogP contribution >= 0.6 is 31.9 Å². The second-order valence-electron chi connectivity index (χ2n) is 6.74. The van der Waals surface area contributed by atoms with Crippen molar-refractivity contribution in [3.63, 3.8) is 0 Å². The van der Waals surface area contributed by atoms with Crippen molar-refractivity contribution in [2.75, 3.05) is 5.32 Å². The average molecular weight is 419 g/mol. The summed E-state index contributed by atoms with van der Waals surface area (Å²) in [7, 11) is 0. The minimum atomic E-state index is 0.0553. The van der Waals surface area contributed by atoms with Crippen molar-refractivity contribution in [3.8, 4) is 0 Å². The highest BCUT2D eigenvalue weighted by Crippen LogP contribution is 2.40. The molecule has 1 aliphatic rings. The summed E-state index contributed by atoms with van der Waals surface area (Å²) in [6, 6.07) is 0. The van der Waals surface area contributed by atoms with Crippen molar-refractivity contribution in [2.45, 2.75) is 46.5 Å². The van der Waals surface area contributed by atoms with Gasteiger partial charge in [0.2, 0.25) is 5.91 Å². The van der Waals surface area contributed by atoms with Crippen LogP contribution in [0.15, 0.2) is 15.4 Å². The summed E-state index contributed by atoms with van der Waals surface area (Å²) < 4.78 is 1.19. The molecule has 0 atom stereocenters. The van der Waals surface area contributed by atoms with Crippen molar-refractivity contribution < 1.29 is 4.79 Å². The zero-order valence-corrected chi connectivity index (χ0v) is 15.8. The Morgan fingerprint density at radius 1 is 1.24 bits per heavy atom. The van der Waals surface area contributed by atoms with Gasteiger partial charge in [0, 0.05) is 5.92 Å². The Hall–Kier alpha value is -0.490. The first-order chi connectivity index (χ1) is 9.77. The predicted octanol–water partition coefficient (Wildman–Crippen LogP) is 4.79. The van der Waals surface area contributed by atoms with Crippen LogP contribution in [-0.4, -0.2) is 15.9 Å². The van der Waals surface area contributed by atoms with E-state index in [4.69, 9.17) is 0 Å². The van der Waals surface area contributed by atoms with Crippen molar-refractivity contribution in [2.24, 2.45) is 17.3 Å². The van der Waals surface area contributed by atoms with Gasteiger partial charge in [0.15, 0.2) is 5.82 Å². The van der Waals surface area contributed by atoms with E-state index in [1.165, 1.54) is 0 Å². The van der Waals surface area contributed by atoms with Gasteiger partial charge in [0.1, 0.15) is 9.21 Å². The number of carbonyl (C=O) groups is 1. The second kappa shape index (κ2) is 6.73. The quantitative estimate of drug-likeness (QED) is 0.750. The molecular weight excluding hydrogens is 398 g/mol. The molecule has 2 rings (SSSR count). The molecule has 0 bridgehead atoms. The van der Waals surface area contributed by atoms with Crippen LogP contribution in [0.1, 0.15) is 46.5 Å². The molecule has 116 valence electrons. The maximum Gasteiger partial charge on any atom is 0.228 e. The fraction of sp³-hybridized carbons (Fsp3) is 0.667. The van der Waals surface area contributed by atoms with Crippen LogP contribution in [0.3, 0.4) is 0 Å². The Balaban J connectivity index is 1.93. The van der Waals surface area contributed by atoms with E-state index in [0.717, 1.165) is 25.7 Å². The van der Waals surface area contributed by atoms with Gasteiger partial charge in [0.25, 0.3) is 0 Å². The molecule has 1 amide bonds. The minimum Gasteiger partial charge on any atom is -0.308 e. The lowest BCUT2D eigenvalue weighted by Crippen LogP contribution is -2.31. The number of rotatable bonds is 2. The highest BCUT2D eigenvalue weighted by Gasteiger charge is 2.32. The van der Waals surface area contributed by atoms with Gasteiger partial charge in [-0.05, 0) is 68.9 Å². The van der Waals surface area contributed by atoms with Gasteiger partial charge in [-0.25, -0.2) is 9.97 Å². The summed E-state index contributed by atoms with van der Waals surface area (Å²) in [5.74, 6) is 1.34. The van der Waals surface area contributed by atoms with Crippen molar-refractivity contribution in [1.82, 2.24) is 9.97 Å². The highest BCUT2D eigenvalue weighted by atomic mass is 79.9. The molecule has 0 saturated heterocycles. The number of carbonyl (C=O) groups excluding carboxylic acids is 1. The Morgan fingerprint density at radius 2 is 1.86 bits per heavy atom. The van der Waals surface area contributed by atoms with E-state index in [0.29, 0.717) is 26.4 Å². The molecule has 0 spiro atoms. The van der Waals surface area contributed by atoms with Crippen molar-refractivity contribution >= 4 is 43.6 Å². The molecule has 1 N–H and O–H groups in total. The number of amides is 1. The summed E-state index contributed by atoms with van der Waals surface area (Å²) in [5, 5.41) is 2.88. The standard InChI is InChI=1S/C15H21Br2N3O/c1-15(2,3)10-6-4-9(5-7-10)14(21)20-13-12(17)19-11(16)8-18-13/h8-10H,4-7H2,1-3H3,(H,18,20,21). The SMILES string of the molecule is CC(C)(C)C1CCC(C(=O)Nc2ncc(Br)nc2Br)CC1. The first-order valence-corrected chi connectivity index (χ1v) is 8.85. The first-order valence-electron chi connectivity index (χ1n) is 7.26. The van der Waals surface area contributed by atoms with Gasteiger partial charge in [-0.3, -0.25) is 4.79 Å². The smallest absolute Gasteiger partial charge is 0.228 e. The normalized spacial score (nSPS) is 22.9. The minimum absolute atomic E-state index is 0.0553. The highest BCUT2D eigenvalue weighted by molar-refractivity contribution is 9.11. The van der Waals surface area contributed by atoms with Crippen LogP contribution in [0.4, 0.5) is 5.82 Å².